The zero-order chi connectivity index (χ0) is 18.0. The lowest BCUT2D eigenvalue weighted by molar-refractivity contribution is -0.384. The molecule has 1 N–H and O–H groups in total. The van der Waals surface area contributed by atoms with Gasteiger partial charge >= 0.3 is 0 Å². The Labute approximate surface area is 144 Å². The van der Waals surface area contributed by atoms with Gasteiger partial charge in [-0.1, -0.05) is 17.7 Å². The van der Waals surface area contributed by atoms with Crippen LogP contribution in [0.5, 0.6) is 0 Å². The summed E-state index contributed by atoms with van der Waals surface area (Å²) in [5.41, 5.74) is 3.11. The first kappa shape index (κ1) is 16.4. The Morgan fingerprint density at radius 1 is 1.20 bits per heavy atom. The van der Waals surface area contributed by atoms with Crippen molar-refractivity contribution < 1.29 is 9.72 Å². The molecular weight excluding hydrogens is 320 g/mol. The standard InChI is InChI=1S/C18H16N4O3/c1-12-3-5-15(13(2)9-12)20-18(23)14-4-6-16(17(10-14)22(24)25)21-8-7-19-11-21/h3-11H,1-2H3,(H,20,23). The van der Waals surface area contributed by atoms with Crippen LogP contribution in [-0.4, -0.2) is 20.4 Å². The maximum atomic E-state index is 12.5. The molecule has 0 fully saturated rings. The molecule has 3 rings (SSSR count). The molecular formula is C18H16N4O3. The number of aromatic nitrogens is 2. The molecule has 0 aliphatic carbocycles. The van der Waals surface area contributed by atoms with Gasteiger partial charge in [-0.15, -0.1) is 0 Å². The first-order valence-corrected chi connectivity index (χ1v) is 7.61. The predicted molar refractivity (Wildman–Crippen MR) is 94.1 cm³/mol. The Bertz CT molecular complexity index is 949. The van der Waals surface area contributed by atoms with Crippen molar-refractivity contribution in [2.24, 2.45) is 0 Å². The average molecular weight is 336 g/mol. The number of hydrogen-bond acceptors (Lipinski definition) is 4. The molecule has 1 aromatic heterocycles. The quantitative estimate of drug-likeness (QED) is 0.581. The second-order valence-electron chi connectivity index (χ2n) is 5.70. The number of hydrogen-bond donors (Lipinski definition) is 1. The zero-order valence-corrected chi connectivity index (χ0v) is 13.8. The van der Waals surface area contributed by atoms with Crippen LogP contribution < -0.4 is 5.32 Å². The molecule has 0 saturated heterocycles. The van der Waals surface area contributed by atoms with E-state index in [1.807, 2.05) is 32.0 Å². The van der Waals surface area contributed by atoms with Gasteiger partial charge in [-0.25, -0.2) is 4.98 Å². The number of amides is 1. The van der Waals surface area contributed by atoms with Gasteiger partial charge in [0.1, 0.15) is 5.69 Å². The number of benzene rings is 2. The summed E-state index contributed by atoms with van der Waals surface area (Å²) in [7, 11) is 0. The summed E-state index contributed by atoms with van der Waals surface area (Å²) >= 11 is 0. The van der Waals surface area contributed by atoms with Crippen LogP contribution in [0.4, 0.5) is 11.4 Å². The van der Waals surface area contributed by atoms with Gasteiger partial charge in [-0.2, -0.15) is 0 Å². The fourth-order valence-electron chi connectivity index (χ4n) is 2.58. The minimum absolute atomic E-state index is 0.161. The van der Waals surface area contributed by atoms with Gasteiger partial charge in [0.15, 0.2) is 0 Å². The Morgan fingerprint density at radius 2 is 2.00 bits per heavy atom. The number of carbonyl (C=O) groups is 1. The van der Waals surface area contributed by atoms with E-state index >= 15 is 0 Å². The number of nitrogens with one attached hydrogen (secondary N) is 1. The Kier molecular flexibility index (Phi) is 4.30. The number of imidazole rings is 1. The summed E-state index contributed by atoms with van der Waals surface area (Å²) in [6, 6.07) is 10.0. The molecule has 7 nitrogen and oxygen atoms in total. The summed E-state index contributed by atoms with van der Waals surface area (Å²) < 4.78 is 1.53. The van der Waals surface area contributed by atoms with Crippen LogP contribution in [0.3, 0.4) is 0 Å². The van der Waals surface area contributed by atoms with Gasteiger partial charge in [0.05, 0.1) is 11.3 Å². The Morgan fingerprint density at radius 3 is 2.64 bits per heavy atom. The molecule has 0 spiro atoms. The lowest BCUT2D eigenvalue weighted by atomic mass is 10.1. The van der Waals surface area contributed by atoms with Crippen molar-refractivity contribution in [1.29, 1.82) is 0 Å². The minimum Gasteiger partial charge on any atom is -0.322 e. The number of anilines is 1. The molecule has 3 aromatic rings. The van der Waals surface area contributed by atoms with Crippen molar-refractivity contribution in [3.63, 3.8) is 0 Å². The smallest absolute Gasteiger partial charge is 0.294 e. The maximum Gasteiger partial charge on any atom is 0.294 e. The molecule has 0 bridgehead atoms. The molecule has 0 saturated carbocycles. The Hall–Kier alpha value is -3.48. The van der Waals surface area contributed by atoms with E-state index in [9.17, 15) is 14.9 Å². The molecule has 0 aliphatic rings. The Balaban J connectivity index is 1.93. The highest BCUT2D eigenvalue weighted by molar-refractivity contribution is 6.05. The van der Waals surface area contributed by atoms with Crippen molar-refractivity contribution >= 4 is 17.3 Å². The molecule has 126 valence electrons. The van der Waals surface area contributed by atoms with Gasteiger partial charge in [-0.05, 0) is 37.6 Å². The van der Waals surface area contributed by atoms with Crippen LogP contribution in [0.15, 0.2) is 55.1 Å². The predicted octanol–water partition coefficient (Wildman–Crippen LogP) is 3.65. The van der Waals surface area contributed by atoms with E-state index in [2.05, 4.69) is 10.3 Å². The minimum atomic E-state index is -0.511. The number of rotatable bonds is 4. The van der Waals surface area contributed by atoms with Gasteiger partial charge in [0.2, 0.25) is 0 Å². The van der Waals surface area contributed by atoms with Gasteiger partial charge in [-0.3, -0.25) is 14.9 Å². The van der Waals surface area contributed by atoms with Crippen LogP contribution in [0.25, 0.3) is 5.69 Å². The molecule has 0 unspecified atom stereocenters. The first-order valence-electron chi connectivity index (χ1n) is 7.61. The van der Waals surface area contributed by atoms with Crippen molar-refractivity contribution in [1.82, 2.24) is 9.55 Å². The van der Waals surface area contributed by atoms with E-state index in [-0.39, 0.29) is 11.3 Å². The highest BCUT2D eigenvalue weighted by atomic mass is 16.6. The lowest BCUT2D eigenvalue weighted by Gasteiger charge is -2.10. The number of nitrogens with zero attached hydrogens (tertiary/aromatic N) is 3. The van der Waals surface area contributed by atoms with E-state index in [0.29, 0.717) is 11.4 Å². The molecule has 2 aromatic carbocycles. The number of nitro groups is 1. The summed E-state index contributed by atoms with van der Waals surface area (Å²) in [6.07, 6.45) is 4.61. The largest absolute Gasteiger partial charge is 0.322 e. The number of aryl methyl sites for hydroxylation is 2. The number of carbonyl (C=O) groups excluding carboxylic acids is 1. The second-order valence-corrected chi connectivity index (χ2v) is 5.70. The van der Waals surface area contributed by atoms with Crippen molar-refractivity contribution in [3.05, 3.63) is 81.9 Å². The molecule has 0 aliphatic heterocycles. The number of nitro benzene ring substituents is 1. The fraction of sp³-hybridized carbons (Fsp3) is 0.111. The average Bonchev–Trinajstić information content (AvgIpc) is 3.11. The normalized spacial score (nSPS) is 10.5. The van der Waals surface area contributed by atoms with Crippen LogP contribution in [0.1, 0.15) is 21.5 Å². The highest BCUT2D eigenvalue weighted by Gasteiger charge is 2.19. The van der Waals surface area contributed by atoms with Crippen molar-refractivity contribution in [2.45, 2.75) is 13.8 Å². The lowest BCUT2D eigenvalue weighted by Crippen LogP contribution is -2.13. The molecule has 1 heterocycles. The van der Waals surface area contributed by atoms with E-state index in [0.717, 1.165) is 11.1 Å². The second kappa shape index (κ2) is 6.56. The van der Waals surface area contributed by atoms with E-state index in [1.165, 1.54) is 29.2 Å². The van der Waals surface area contributed by atoms with Crippen LogP contribution in [0.2, 0.25) is 0 Å². The summed E-state index contributed by atoms with van der Waals surface area (Å²) in [5.74, 6) is -0.396. The van der Waals surface area contributed by atoms with Gasteiger partial charge in [0, 0.05) is 29.7 Å². The molecule has 7 heteroatoms. The summed E-state index contributed by atoms with van der Waals surface area (Å²) in [5, 5.41) is 14.2. The van der Waals surface area contributed by atoms with Crippen molar-refractivity contribution in [3.8, 4) is 5.69 Å². The van der Waals surface area contributed by atoms with Crippen LogP contribution in [0, 0.1) is 24.0 Å². The third-order valence-corrected chi connectivity index (χ3v) is 3.85. The third-order valence-electron chi connectivity index (χ3n) is 3.85. The summed E-state index contributed by atoms with van der Waals surface area (Å²) in [6.45, 7) is 3.87. The van der Waals surface area contributed by atoms with E-state index in [1.54, 1.807) is 12.3 Å². The monoisotopic (exact) mass is 336 g/mol. The molecule has 0 atom stereocenters. The maximum absolute atomic E-state index is 12.5. The van der Waals surface area contributed by atoms with Crippen LogP contribution >= 0.6 is 0 Å². The molecule has 1 amide bonds. The van der Waals surface area contributed by atoms with E-state index < -0.39 is 10.8 Å². The topological polar surface area (TPSA) is 90.1 Å². The highest BCUT2D eigenvalue weighted by Crippen LogP contribution is 2.25. The zero-order valence-electron chi connectivity index (χ0n) is 13.8. The van der Waals surface area contributed by atoms with Gasteiger partial charge in [0.25, 0.3) is 11.6 Å². The van der Waals surface area contributed by atoms with E-state index in [4.69, 9.17) is 0 Å². The first-order chi connectivity index (χ1) is 12.0. The van der Waals surface area contributed by atoms with Gasteiger partial charge < -0.3 is 9.88 Å². The SMILES string of the molecule is Cc1ccc(NC(=O)c2ccc(-n3ccnc3)c([N+](=O)[O-])c2)c(C)c1. The van der Waals surface area contributed by atoms with Crippen molar-refractivity contribution in [2.75, 3.05) is 5.32 Å². The molecule has 25 heavy (non-hydrogen) atoms. The van der Waals surface area contributed by atoms with Crippen LogP contribution in [-0.2, 0) is 0 Å². The summed E-state index contributed by atoms with van der Waals surface area (Å²) in [4.78, 5) is 27.2. The molecule has 0 radical (unpaired) electrons. The fourth-order valence-corrected chi connectivity index (χ4v) is 2.58. The third kappa shape index (κ3) is 3.40.